The number of nitrogens with one attached hydrogen (secondary N) is 1. The number of hydrogen-bond donors (Lipinski definition) is 1. The van der Waals surface area contributed by atoms with E-state index in [2.05, 4.69) is 36.5 Å². The fourth-order valence-corrected chi connectivity index (χ4v) is 3.89. The number of benzene rings is 3. The van der Waals surface area contributed by atoms with E-state index in [9.17, 15) is 4.79 Å². The van der Waals surface area contributed by atoms with Gasteiger partial charge in [-0.1, -0.05) is 54.1 Å². The summed E-state index contributed by atoms with van der Waals surface area (Å²) in [6.45, 7) is 4.99. The van der Waals surface area contributed by atoms with Gasteiger partial charge >= 0.3 is 0 Å². The van der Waals surface area contributed by atoms with E-state index in [-0.39, 0.29) is 5.91 Å². The second kappa shape index (κ2) is 11.4. The summed E-state index contributed by atoms with van der Waals surface area (Å²) in [6, 6.07) is 24.0. The largest absolute Gasteiger partial charge is 0.493 e. The normalized spacial score (nSPS) is 10.7. The zero-order valence-corrected chi connectivity index (χ0v) is 20.5. The van der Waals surface area contributed by atoms with Gasteiger partial charge in [-0.05, 0) is 55.7 Å². The number of nitrogens with zero attached hydrogens (tertiary/aromatic N) is 2. The third kappa shape index (κ3) is 6.09. The number of rotatable bonds is 10. The van der Waals surface area contributed by atoms with Crippen molar-refractivity contribution in [2.75, 3.05) is 13.7 Å². The molecule has 0 radical (unpaired) electrons. The summed E-state index contributed by atoms with van der Waals surface area (Å²) in [6.07, 6.45) is 2.98. The first kappa shape index (κ1) is 24.1. The van der Waals surface area contributed by atoms with Crippen LogP contribution in [0.4, 0.5) is 0 Å². The summed E-state index contributed by atoms with van der Waals surface area (Å²) in [5.74, 6) is 1.35. The van der Waals surface area contributed by atoms with Crippen LogP contribution in [0.3, 0.4) is 0 Å². The van der Waals surface area contributed by atoms with Crippen LogP contribution in [-0.2, 0) is 17.8 Å². The molecule has 1 N–H and O–H groups in total. The molecule has 0 aliphatic rings. The van der Waals surface area contributed by atoms with Crippen LogP contribution in [0.5, 0.6) is 11.5 Å². The van der Waals surface area contributed by atoms with Gasteiger partial charge in [0.15, 0.2) is 11.5 Å². The molecule has 0 unspecified atom stereocenters. The second-order valence-corrected chi connectivity index (χ2v) is 8.34. The SMILES string of the molecule is CCOc1ccc(CNC(=O)CCc2cn(-c3ccccc3)nc2-c2ccc(C)cc2)cc1OC. The summed E-state index contributed by atoms with van der Waals surface area (Å²) in [5.41, 5.74) is 6.12. The Hall–Kier alpha value is -4.06. The Morgan fingerprint density at radius 2 is 1.77 bits per heavy atom. The summed E-state index contributed by atoms with van der Waals surface area (Å²) in [5, 5.41) is 7.87. The van der Waals surface area contributed by atoms with Gasteiger partial charge in [-0.15, -0.1) is 0 Å². The summed E-state index contributed by atoms with van der Waals surface area (Å²) >= 11 is 0. The lowest BCUT2D eigenvalue weighted by molar-refractivity contribution is -0.121. The molecule has 6 nitrogen and oxygen atoms in total. The van der Waals surface area contributed by atoms with Gasteiger partial charge in [0.05, 0.1) is 25.1 Å². The number of aromatic nitrogens is 2. The van der Waals surface area contributed by atoms with Crippen molar-refractivity contribution in [3.63, 3.8) is 0 Å². The Kier molecular flexibility index (Phi) is 7.83. The van der Waals surface area contributed by atoms with Gasteiger partial charge in [-0.3, -0.25) is 4.79 Å². The first-order valence-electron chi connectivity index (χ1n) is 11.8. The zero-order valence-electron chi connectivity index (χ0n) is 20.5. The molecule has 4 aromatic rings. The third-order valence-electron chi connectivity index (χ3n) is 5.77. The predicted octanol–water partition coefficient (Wildman–Crippen LogP) is 5.50. The number of ether oxygens (including phenoxy) is 2. The number of carbonyl (C=O) groups excluding carboxylic acids is 1. The minimum absolute atomic E-state index is 0.0137. The topological polar surface area (TPSA) is 65.4 Å². The Morgan fingerprint density at radius 1 is 1.00 bits per heavy atom. The molecule has 3 aromatic carbocycles. The number of hydrogen-bond acceptors (Lipinski definition) is 4. The van der Waals surface area contributed by atoms with Crippen molar-refractivity contribution < 1.29 is 14.3 Å². The van der Waals surface area contributed by atoms with Crippen LogP contribution >= 0.6 is 0 Å². The maximum Gasteiger partial charge on any atom is 0.220 e. The molecule has 0 fully saturated rings. The summed E-state index contributed by atoms with van der Waals surface area (Å²) < 4.78 is 12.9. The van der Waals surface area contributed by atoms with Gasteiger partial charge in [0.2, 0.25) is 5.91 Å². The minimum atomic E-state index is -0.0137. The lowest BCUT2D eigenvalue weighted by Gasteiger charge is -2.11. The molecular weight excluding hydrogens is 438 g/mol. The molecule has 0 aliphatic carbocycles. The number of aryl methyl sites for hydroxylation is 2. The lowest BCUT2D eigenvalue weighted by atomic mass is 10.0. The van der Waals surface area contributed by atoms with Crippen LogP contribution in [0.25, 0.3) is 16.9 Å². The number of para-hydroxylation sites is 1. The van der Waals surface area contributed by atoms with E-state index < -0.39 is 0 Å². The van der Waals surface area contributed by atoms with Crippen LogP contribution in [0.15, 0.2) is 79.0 Å². The molecule has 1 heterocycles. The highest BCUT2D eigenvalue weighted by molar-refractivity contribution is 5.76. The number of amides is 1. The molecule has 6 heteroatoms. The Morgan fingerprint density at radius 3 is 2.49 bits per heavy atom. The van der Waals surface area contributed by atoms with Crippen molar-refractivity contribution >= 4 is 5.91 Å². The average molecular weight is 470 g/mol. The van der Waals surface area contributed by atoms with Gasteiger partial charge in [-0.2, -0.15) is 5.10 Å². The molecule has 0 spiro atoms. The highest BCUT2D eigenvalue weighted by atomic mass is 16.5. The highest BCUT2D eigenvalue weighted by Crippen LogP contribution is 2.28. The number of carbonyl (C=O) groups is 1. The molecule has 0 atom stereocenters. The fourth-order valence-electron chi connectivity index (χ4n) is 3.89. The Bertz CT molecular complexity index is 1260. The van der Waals surface area contributed by atoms with Gasteiger partial charge in [0.25, 0.3) is 0 Å². The molecule has 1 aromatic heterocycles. The average Bonchev–Trinajstić information content (AvgIpc) is 3.32. The van der Waals surface area contributed by atoms with Crippen LogP contribution in [0, 0.1) is 6.92 Å². The van der Waals surface area contributed by atoms with Gasteiger partial charge in [0, 0.05) is 24.7 Å². The molecule has 0 saturated heterocycles. The lowest BCUT2D eigenvalue weighted by Crippen LogP contribution is -2.23. The van der Waals surface area contributed by atoms with E-state index in [4.69, 9.17) is 14.6 Å². The molecule has 0 aliphatic heterocycles. The molecule has 0 saturated carbocycles. The maximum atomic E-state index is 12.7. The van der Waals surface area contributed by atoms with Crippen molar-refractivity contribution in [1.82, 2.24) is 15.1 Å². The van der Waals surface area contributed by atoms with Crippen molar-refractivity contribution in [3.8, 4) is 28.4 Å². The maximum absolute atomic E-state index is 12.7. The molecule has 1 amide bonds. The molecular formula is C29H31N3O3. The van der Waals surface area contributed by atoms with Crippen LogP contribution in [0.1, 0.15) is 30.0 Å². The van der Waals surface area contributed by atoms with Gasteiger partial charge in [-0.25, -0.2) is 4.68 Å². The van der Waals surface area contributed by atoms with Gasteiger partial charge in [0.1, 0.15) is 0 Å². The van der Waals surface area contributed by atoms with Crippen molar-refractivity contribution in [3.05, 3.63) is 95.7 Å². The monoisotopic (exact) mass is 469 g/mol. The summed E-state index contributed by atoms with van der Waals surface area (Å²) in [7, 11) is 1.61. The minimum Gasteiger partial charge on any atom is -0.493 e. The highest BCUT2D eigenvalue weighted by Gasteiger charge is 2.14. The number of methoxy groups -OCH3 is 1. The quantitative estimate of drug-likeness (QED) is 0.333. The Labute approximate surface area is 206 Å². The predicted molar refractivity (Wildman–Crippen MR) is 138 cm³/mol. The van der Waals surface area contributed by atoms with E-state index >= 15 is 0 Å². The zero-order chi connectivity index (χ0) is 24.6. The first-order valence-corrected chi connectivity index (χ1v) is 11.8. The van der Waals surface area contributed by atoms with E-state index in [0.717, 1.165) is 28.1 Å². The van der Waals surface area contributed by atoms with Crippen molar-refractivity contribution in [2.45, 2.75) is 33.2 Å². The fraction of sp³-hybridized carbons (Fsp3) is 0.241. The Balaban J connectivity index is 1.45. The van der Waals surface area contributed by atoms with E-state index in [1.807, 2.05) is 66.3 Å². The van der Waals surface area contributed by atoms with E-state index in [0.29, 0.717) is 37.5 Å². The van der Waals surface area contributed by atoms with Crippen molar-refractivity contribution in [2.24, 2.45) is 0 Å². The smallest absolute Gasteiger partial charge is 0.220 e. The molecule has 180 valence electrons. The van der Waals surface area contributed by atoms with Crippen LogP contribution in [-0.4, -0.2) is 29.4 Å². The van der Waals surface area contributed by atoms with Crippen LogP contribution in [0.2, 0.25) is 0 Å². The summed E-state index contributed by atoms with van der Waals surface area (Å²) in [4.78, 5) is 12.7. The van der Waals surface area contributed by atoms with Crippen LogP contribution < -0.4 is 14.8 Å². The molecule has 0 bridgehead atoms. The van der Waals surface area contributed by atoms with Gasteiger partial charge < -0.3 is 14.8 Å². The van der Waals surface area contributed by atoms with E-state index in [1.54, 1.807) is 7.11 Å². The standard InChI is InChI=1S/C29H31N3O3/c1-4-35-26-16-12-22(18-27(26)34-3)19-30-28(33)17-15-24-20-32(25-8-6-5-7-9-25)31-29(24)23-13-10-21(2)11-14-23/h5-14,16,18,20H,4,15,17,19H2,1-3H3,(H,30,33). The molecule has 4 rings (SSSR count). The van der Waals surface area contributed by atoms with Crippen molar-refractivity contribution in [1.29, 1.82) is 0 Å². The van der Waals surface area contributed by atoms with E-state index in [1.165, 1.54) is 5.56 Å². The second-order valence-electron chi connectivity index (χ2n) is 8.34. The molecule has 35 heavy (non-hydrogen) atoms. The third-order valence-corrected chi connectivity index (χ3v) is 5.77. The first-order chi connectivity index (χ1) is 17.1.